The Morgan fingerprint density at radius 1 is 1.20 bits per heavy atom. The maximum absolute atomic E-state index is 13.8. The second kappa shape index (κ2) is 5.13. The molecule has 0 saturated carbocycles. The van der Waals surface area contributed by atoms with Crippen LogP contribution in [0, 0.1) is 12.7 Å². The maximum atomic E-state index is 13.8. The van der Waals surface area contributed by atoms with Crippen molar-refractivity contribution < 1.29 is 9.13 Å². The molecule has 0 fully saturated rings. The van der Waals surface area contributed by atoms with Crippen molar-refractivity contribution in [2.45, 2.75) is 6.92 Å². The Hall–Kier alpha value is -2.07. The molecule has 20 heavy (non-hydrogen) atoms. The summed E-state index contributed by atoms with van der Waals surface area (Å²) in [7, 11) is 1.58. The average Bonchev–Trinajstić information content (AvgIpc) is 2.39. The molecule has 0 bridgehead atoms. The Kier molecular flexibility index (Phi) is 3.68. The number of methoxy groups -OCH3 is 1. The number of H-pyrrole nitrogens is 1. The van der Waals surface area contributed by atoms with Gasteiger partial charge in [-0.15, -0.1) is 12.4 Å². The van der Waals surface area contributed by atoms with Gasteiger partial charge in [0.15, 0.2) is 0 Å². The van der Waals surface area contributed by atoms with Crippen molar-refractivity contribution in [1.29, 1.82) is 0 Å². The smallest absolute Gasteiger partial charge is 0.259 e. The van der Waals surface area contributed by atoms with Gasteiger partial charge in [0, 0.05) is 5.39 Å². The number of aromatic amines is 1. The highest BCUT2D eigenvalue weighted by atomic mass is 35.5. The fourth-order valence-corrected chi connectivity index (χ4v) is 2.41. The van der Waals surface area contributed by atoms with E-state index in [0.29, 0.717) is 16.7 Å². The van der Waals surface area contributed by atoms with Gasteiger partial charge in [0.25, 0.3) is 5.56 Å². The Morgan fingerprint density at radius 3 is 2.65 bits per heavy atom. The van der Waals surface area contributed by atoms with E-state index < -0.39 is 11.4 Å². The molecule has 0 unspecified atom stereocenters. The minimum Gasteiger partial charge on any atom is -0.497 e. The van der Waals surface area contributed by atoms with Gasteiger partial charge in [-0.1, -0.05) is 12.1 Å². The summed E-state index contributed by atoms with van der Waals surface area (Å²) >= 11 is 0. The number of aromatic nitrogens is 1. The summed E-state index contributed by atoms with van der Waals surface area (Å²) in [5.74, 6) is 0.170. The molecular weight excluding hydrogens is 281 g/mol. The Labute approximate surface area is 120 Å². The molecule has 0 radical (unpaired) electrons. The average molecular weight is 294 g/mol. The van der Waals surface area contributed by atoms with Gasteiger partial charge in [-0.25, -0.2) is 4.39 Å². The molecule has 3 aromatic rings. The number of nitrogens with one attached hydrogen (secondary N) is 1. The van der Waals surface area contributed by atoms with E-state index in [0.717, 1.165) is 10.9 Å². The fraction of sp³-hybridized carbons (Fsp3) is 0.133. The van der Waals surface area contributed by atoms with Crippen LogP contribution in [0.15, 0.2) is 35.1 Å². The lowest BCUT2D eigenvalue weighted by Crippen LogP contribution is -2.09. The number of ether oxygens (including phenoxy) is 1. The first kappa shape index (κ1) is 14.3. The molecule has 3 nitrogen and oxygen atoms in total. The summed E-state index contributed by atoms with van der Waals surface area (Å²) in [5.41, 5.74) is 1.19. The Balaban J connectivity index is 0.00000147. The second-order valence-electron chi connectivity index (χ2n) is 4.48. The number of rotatable bonds is 1. The summed E-state index contributed by atoms with van der Waals surface area (Å²) in [6.45, 7) is 1.88. The Morgan fingerprint density at radius 2 is 1.95 bits per heavy atom. The van der Waals surface area contributed by atoms with E-state index in [4.69, 9.17) is 4.74 Å². The summed E-state index contributed by atoms with van der Waals surface area (Å²) in [6.07, 6.45) is 0. The quantitative estimate of drug-likeness (QED) is 0.697. The molecule has 1 heterocycles. The van der Waals surface area contributed by atoms with Crippen LogP contribution in [0.1, 0.15) is 5.56 Å². The minimum absolute atomic E-state index is 0. The number of halogens is 2. The zero-order chi connectivity index (χ0) is 13.6. The van der Waals surface area contributed by atoms with Gasteiger partial charge in [-0.3, -0.25) is 4.79 Å². The molecule has 1 aromatic heterocycles. The van der Waals surface area contributed by atoms with Crippen LogP contribution in [0.25, 0.3) is 21.7 Å². The van der Waals surface area contributed by atoms with Gasteiger partial charge in [-0.2, -0.15) is 0 Å². The molecule has 0 aliphatic heterocycles. The number of pyridine rings is 1. The van der Waals surface area contributed by atoms with Crippen LogP contribution in [-0.2, 0) is 0 Å². The van der Waals surface area contributed by atoms with E-state index in [-0.39, 0.29) is 17.8 Å². The van der Waals surface area contributed by atoms with Gasteiger partial charge in [0.2, 0.25) is 0 Å². The summed E-state index contributed by atoms with van der Waals surface area (Å²) in [6, 6.07) is 8.28. The molecule has 0 aliphatic carbocycles. The summed E-state index contributed by atoms with van der Waals surface area (Å²) in [5, 5.41) is 1.47. The summed E-state index contributed by atoms with van der Waals surface area (Å²) < 4.78 is 19.0. The molecule has 0 amide bonds. The van der Waals surface area contributed by atoms with Gasteiger partial charge < -0.3 is 9.72 Å². The highest BCUT2D eigenvalue weighted by Crippen LogP contribution is 2.28. The predicted molar refractivity (Wildman–Crippen MR) is 80.6 cm³/mol. The van der Waals surface area contributed by atoms with E-state index in [1.807, 2.05) is 13.0 Å². The third-order valence-corrected chi connectivity index (χ3v) is 3.31. The highest BCUT2D eigenvalue weighted by Gasteiger charge is 2.11. The van der Waals surface area contributed by atoms with Gasteiger partial charge in [0.1, 0.15) is 11.6 Å². The standard InChI is InChI=1S/C15H12FNO2.ClH/c1-8-6-9(19-2)7-11-10-4-3-5-12(16)13(10)15(18)17-14(8)11;/h3-7H,1-2H3,(H,17,18);1H. The molecule has 0 aliphatic rings. The van der Waals surface area contributed by atoms with E-state index in [1.54, 1.807) is 25.3 Å². The zero-order valence-corrected chi connectivity index (χ0v) is 11.8. The number of aryl methyl sites for hydroxylation is 1. The lowest BCUT2D eigenvalue weighted by molar-refractivity contribution is 0.415. The molecule has 0 spiro atoms. The third kappa shape index (κ3) is 2.02. The van der Waals surface area contributed by atoms with Crippen LogP contribution < -0.4 is 10.3 Å². The van der Waals surface area contributed by atoms with Crippen molar-refractivity contribution in [3.63, 3.8) is 0 Å². The van der Waals surface area contributed by atoms with Crippen molar-refractivity contribution >= 4 is 34.1 Å². The normalized spacial score (nSPS) is 10.6. The second-order valence-corrected chi connectivity index (χ2v) is 4.48. The molecule has 0 saturated heterocycles. The number of fused-ring (bicyclic) bond motifs is 3. The largest absolute Gasteiger partial charge is 0.497 e. The van der Waals surface area contributed by atoms with Crippen molar-refractivity contribution in [3.05, 3.63) is 52.1 Å². The Bertz CT molecular complexity index is 858. The zero-order valence-electron chi connectivity index (χ0n) is 11.0. The predicted octanol–water partition coefficient (Wildman–Crippen LogP) is 3.56. The highest BCUT2D eigenvalue weighted by molar-refractivity contribution is 6.06. The number of hydrogen-bond acceptors (Lipinski definition) is 2. The van der Waals surface area contributed by atoms with E-state index in [9.17, 15) is 9.18 Å². The molecule has 3 rings (SSSR count). The first-order chi connectivity index (χ1) is 9.11. The lowest BCUT2D eigenvalue weighted by Gasteiger charge is -2.09. The molecular formula is C15H13ClFNO2. The lowest BCUT2D eigenvalue weighted by atomic mass is 10.0. The van der Waals surface area contributed by atoms with Crippen LogP contribution in [0.3, 0.4) is 0 Å². The van der Waals surface area contributed by atoms with Gasteiger partial charge >= 0.3 is 0 Å². The van der Waals surface area contributed by atoms with Gasteiger partial charge in [0.05, 0.1) is 18.0 Å². The van der Waals surface area contributed by atoms with Crippen LogP contribution in [-0.4, -0.2) is 12.1 Å². The topological polar surface area (TPSA) is 42.1 Å². The molecule has 5 heteroatoms. The van der Waals surface area contributed by atoms with E-state index >= 15 is 0 Å². The van der Waals surface area contributed by atoms with E-state index in [1.165, 1.54) is 6.07 Å². The van der Waals surface area contributed by atoms with Crippen LogP contribution in [0.2, 0.25) is 0 Å². The third-order valence-electron chi connectivity index (χ3n) is 3.31. The molecule has 1 N–H and O–H groups in total. The van der Waals surface area contributed by atoms with Crippen molar-refractivity contribution in [1.82, 2.24) is 4.98 Å². The SMILES string of the molecule is COc1cc(C)c2[nH]c(=O)c3c(F)cccc3c2c1.Cl. The number of hydrogen-bond donors (Lipinski definition) is 1. The van der Waals surface area contributed by atoms with Gasteiger partial charge in [-0.05, 0) is 36.1 Å². The van der Waals surface area contributed by atoms with E-state index in [2.05, 4.69) is 4.98 Å². The molecule has 104 valence electrons. The fourth-order valence-electron chi connectivity index (χ4n) is 2.41. The molecule has 0 atom stereocenters. The maximum Gasteiger partial charge on any atom is 0.259 e. The van der Waals surface area contributed by atoms with Crippen LogP contribution in [0.5, 0.6) is 5.75 Å². The first-order valence-electron chi connectivity index (χ1n) is 5.90. The minimum atomic E-state index is -0.513. The van der Waals surface area contributed by atoms with Crippen molar-refractivity contribution in [2.24, 2.45) is 0 Å². The monoisotopic (exact) mass is 293 g/mol. The first-order valence-corrected chi connectivity index (χ1v) is 5.90. The number of benzene rings is 2. The molecule has 2 aromatic carbocycles. The van der Waals surface area contributed by atoms with Crippen LogP contribution >= 0.6 is 12.4 Å². The summed E-state index contributed by atoms with van der Waals surface area (Å²) in [4.78, 5) is 14.7. The van der Waals surface area contributed by atoms with Crippen molar-refractivity contribution in [2.75, 3.05) is 7.11 Å². The van der Waals surface area contributed by atoms with Crippen molar-refractivity contribution in [3.8, 4) is 5.75 Å². The van der Waals surface area contributed by atoms with Crippen LogP contribution in [0.4, 0.5) is 4.39 Å².